The van der Waals surface area contributed by atoms with Gasteiger partial charge in [0.15, 0.2) is 8.77 Å². The molecule has 0 aromatic heterocycles. The number of rotatable bonds is 2. The molecule has 0 radical (unpaired) electrons. The van der Waals surface area contributed by atoms with Gasteiger partial charge in [-0.1, -0.05) is 12.1 Å². The Morgan fingerprint density at radius 3 is 2.21 bits per heavy atom. The molecule has 72 valence electrons. The summed E-state index contributed by atoms with van der Waals surface area (Å²) in [5.41, 5.74) is -0.231. The van der Waals surface area contributed by atoms with Crippen LogP contribution in [-0.4, -0.2) is 49.4 Å². The van der Waals surface area contributed by atoms with Crippen molar-refractivity contribution in [3.05, 3.63) is 29.8 Å². The topological polar surface area (TPSA) is 74.6 Å². The maximum absolute atomic E-state index is 11.0. The van der Waals surface area contributed by atoms with Crippen LogP contribution in [0.4, 0.5) is 0 Å². The van der Waals surface area contributed by atoms with E-state index < -0.39 is 14.7 Å². The first-order valence-corrected chi connectivity index (χ1v) is 5.67. The molecule has 14 heavy (non-hydrogen) atoms. The number of carbonyl (C=O) groups is 1. The van der Waals surface area contributed by atoms with E-state index in [4.69, 9.17) is 9.66 Å². The van der Waals surface area contributed by atoms with Crippen molar-refractivity contribution in [2.45, 2.75) is 4.90 Å². The Bertz CT molecular complexity index is 441. The van der Waals surface area contributed by atoms with E-state index in [1.165, 1.54) is 24.3 Å². The molecule has 7 heteroatoms. The van der Waals surface area contributed by atoms with Gasteiger partial charge < -0.3 is 9.66 Å². The van der Waals surface area contributed by atoms with Gasteiger partial charge >= 0.3 is 35.5 Å². The first kappa shape index (κ1) is 14.0. The zero-order chi connectivity index (χ0) is 10.1. The SMILES string of the molecule is O=C(O)c1ccccc1S(=O)(O)=S.[NaH]. The standard InChI is InChI=1S/C7H6O4S2.Na.H/c8-7(9)5-3-1-2-4-6(5)13(10,11)12;;/h1-4H,(H,8,9)(H,10,11,12);;. The third kappa shape index (κ3) is 3.30. The van der Waals surface area contributed by atoms with Crippen molar-refractivity contribution in [3.63, 3.8) is 0 Å². The summed E-state index contributed by atoms with van der Waals surface area (Å²) in [6.45, 7) is 0. The Balaban J connectivity index is 0.00000169. The molecule has 0 aliphatic carbocycles. The molecule has 0 bridgehead atoms. The first-order valence-electron chi connectivity index (χ1n) is 3.23. The van der Waals surface area contributed by atoms with E-state index in [1.54, 1.807) is 0 Å². The van der Waals surface area contributed by atoms with Crippen LogP contribution in [0.1, 0.15) is 10.4 Å². The van der Waals surface area contributed by atoms with Crippen LogP contribution in [0, 0.1) is 0 Å². The second-order valence-electron chi connectivity index (χ2n) is 2.28. The first-order chi connectivity index (χ1) is 5.93. The summed E-state index contributed by atoms with van der Waals surface area (Å²) < 4.78 is 20.0. The van der Waals surface area contributed by atoms with E-state index in [0.717, 1.165) is 0 Å². The van der Waals surface area contributed by atoms with Gasteiger partial charge in [-0.15, -0.1) is 0 Å². The summed E-state index contributed by atoms with van der Waals surface area (Å²) in [5.74, 6) is -1.26. The second-order valence-corrected chi connectivity index (χ2v) is 5.02. The van der Waals surface area contributed by atoms with Gasteiger partial charge in [0.2, 0.25) is 0 Å². The van der Waals surface area contributed by atoms with Crippen molar-refractivity contribution in [1.29, 1.82) is 0 Å². The van der Waals surface area contributed by atoms with Crippen LogP contribution >= 0.6 is 0 Å². The summed E-state index contributed by atoms with van der Waals surface area (Å²) in [7, 11) is -3.63. The van der Waals surface area contributed by atoms with Crippen LogP contribution in [-0.2, 0) is 20.0 Å². The molecular weight excluding hydrogens is 235 g/mol. The third-order valence-electron chi connectivity index (χ3n) is 1.40. The van der Waals surface area contributed by atoms with E-state index in [2.05, 4.69) is 11.2 Å². The van der Waals surface area contributed by atoms with Gasteiger partial charge in [0, 0.05) is 11.2 Å². The molecule has 1 atom stereocenters. The zero-order valence-corrected chi connectivity index (χ0v) is 7.97. The number of carboxylic acid groups (broad SMARTS) is 1. The Hall–Kier alpha value is 0.0200. The predicted octanol–water partition coefficient (Wildman–Crippen LogP) is 0.315. The van der Waals surface area contributed by atoms with Crippen molar-refractivity contribution in [2.24, 2.45) is 0 Å². The van der Waals surface area contributed by atoms with Gasteiger partial charge in [-0.2, -0.15) is 0 Å². The summed E-state index contributed by atoms with van der Waals surface area (Å²) in [6.07, 6.45) is 0. The van der Waals surface area contributed by atoms with Crippen LogP contribution in [0.15, 0.2) is 29.2 Å². The van der Waals surface area contributed by atoms with Crippen LogP contribution in [0.25, 0.3) is 0 Å². The fourth-order valence-electron chi connectivity index (χ4n) is 0.868. The number of hydrogen-bond donors (Lipinski definition) is 2. The van der Waals surface area contributed by atoms with Crippen LogP contribution in [0.5, 0.6) is 0 Å². The Labute approximate surface area is 108 Å². The van der Waals surface area contributed by atoms with Gasteiger partial charge in [-0.05, 0) is 12.1 Å². The molecule has 0 saturated heterocycles. The van der Waals surface area contributed by atoms with E-state index in [0.29, 0.717) is 0 Å². The van der Waals surface area contributed by atoms with Gasteiger partial charge in [0.25, 0.3) is 0 Å². The summed E-state index contributed by atoms with van der Waals surface area (Å²) in [6, 6.07) is 5.40. The molecule has 0 fully saturated rings. The van der Waals surface area contributed by atoms with Gasteiger partial charge in [0.05, 0.1) is 10.5 Å². The summed E-state index contributed by atoms with van der Waals surface area (Å²) >= 11 is 4.28. The summed E-state index contributed by atoms with van der Waals surface area (Å²) in [4.78, 5) is 10.4. The molecule has 1 rings (SSSR count). The van der Waals surface area contributed by atoms with E-state index >= 15 is 0 Å². The van der Waals surface area contributed by atoms with Crippen molar-refractivity contribution in [1.82, 2.24) is 0 Å². The molecule has 0 spiro atoms. The number of benzene rings is 1. The van der Waals surface area contributed by atoms with Crippen LogP contribution in [0.3, 0.4) is 0 Å². The number of hydrogen-bond acceptors (Lipinski definition) is 3. The minimum atomic E-state index is -3.63. The minimum absolute atomic E-state index is 0. The zero-order valence-electron chi connectivity index (χ0n) is 6.34. The molecule has 0 aliphatic heterocycles. The van der Waals surface area contributed by atoms with Crippen molar-refractivity contribution in [3.8, 4) is 0 Å². The van der Waals surface area contributed by atoms with Gasteiger partial charge in [-0.3, -0.25) is 0 Å². The molecule has 1 aromatic rings. The Kier molecular flexibility index (Phi) is 5.21. The van der Waals surface area contributed by atoms with Crippen LogP contribution in [0.2, 0.25) is 0 Å². The van der Waals surface area contributed by atoms with Gasteiger partial charge in [-0.25, -0.2) is 9.00 Å². The van der Waals surface area contributed by atoms with Crippen molar-refractivity contribution >= 4 is 55.5 Å². The van der Waals surface area contributed by atoms with E-state index in [-0.39, 0.29) is 40.0 Å². The molecule has 0 heterocycles. The molecule has 0 saturated carbocycles. The normalized spacial score (nSPS) is 13.8. The van der Waals surface area contributed by atoms with Crippen LogP contribution < -0.4 is 0 Å². The van der Waals surface area contributed by atoms with Crippen molar-refractivity contribution < 1.29 is 18.7 Å². The van der Waals surface area contributed by atoms with Gasteiger partial charge in [0.1, 0.15) is 0 Å². The van der Waals surface area contributed by atoms with Crippen molar-refractivity contribution in [2.75, 3.05) is 0 Å². The van der Waals surface area contributed by atoms with E-state index in [1.807, 2.05) is 0 Å². The third-order valence-corrected chi connectivity index (χ3v) is 2.85. The molecule has 0 aliphatic rings. The number of aromatic carboxylic acids is 1. The number of carboxylic acids is 1. The monoisotopic (exact) mass is 242 g/mol. The Morgan fingerprint density at radius 2 is 1.86 bits per heavy atom. The molecule has 1 unspecified atom stereocenters. The average Bonchev–Trinajstić information content (AvgIpc) is 2.03. The molecule has 1 aromatic carbocycles. The molecule has 0 amide bonds. The predicted molar refractivity (Wildman–Crippen MR) is 57.0 cm³/mol. The average molecular weight is 242 g/mol. The van der Waals surface area contributed by atoms with E-state index in [9.17, 15) is 9.00 Å². The fourth-order valence-corrected chi connectivity index (χ4v) is 1.99. The fraction of sp³-hybridized carbons (Fsp3) is 0. The molecule has 4 nitrogen and oxygen atoms in total. The molecule has 2 N–H and O–H groups in total. The summed E-state index contributed by atoms with van der Waals surface area (Å²) in [5, 5.41) is 8.65. The second kappa shape index (κ2) is 5.20. The quantitative estimate of drug-likeness (QED) is 0.730. The maximum atomic E-state index is 11.0. The Morgan fingerprint density at radius 1 is 1.36 bits per heavy atom. The molecular formula is C7H7NaO4S2.